The standard InChI is InChI=1S/C15H13NO2/c1-16-13-10-6-5-9-12(13)15(18,14(16)17)11-7-3-2-4-8-11/h2-10,18H,1H3/t15-/m1/s1. The molecule has 0 aliphatic carbocycles. The molecule has 1 amide bonds. The van der Waals surface area contributed by atoms with Crippen LogP contribution in [0.5, 0.6) is 0 Å². The summed E-state index contributed by atoms with van der Waals surface area (Å²) in [6, 6.07) is 16.4. The van der Waals surface area contributed by atoms with Gasteiger partial charge in [-0.05, 0) is 11.6 Å². The molecule has 1 aliphatic rings. The molecule has 3 nitrogen and oxygen atoms in total. The zero-order valence-corrected chi connectivity index (χ0v) is 10.00. The summed E-state index contributed by atoms with van der Waals surface area (Å²) in [6.45, 7) is 0. The van der Waals surface area contributed by atoms with Gasteiger partial charge in [0.2, 0.25) is 0 Å². The first kappa shape index (κ1) is 11.0. The minimum atomic E-state index is -1.56. The van der Waals surface area contributed by atoms with Crippen molar-refractivity contribution in [2.24, 2.45) is 0 Å². The van der Waals surface area contributed by atoms with Crippen LogP contribution in [0.15, 0.2) is 54.6 Å². The molecule has 90 valence electrons. The minimum absolute atomic E-state index is 0.310. The van der Waals surface area contributed by atoms with Crippen molar-refractivity contribution in [1.29, 1.82) is 0 Å². The quantitative estimate of drug-likeness (QED) is 0.825. The van der Waals surface area contributed by atoms with E-state index in [2.05, 4.69) is 0 Å². The van der Waals surface area contributed by atoms with Crippen molar-refractivity contribution in [3.8, 4) is 0 Å². The predicted molar refractivity (Wildman–Crippen MR) is 69.3 cm³/mol. The van der Waals surface area contributed by atoms with Gasteiger partial charge in [0.25, 0.3) is 5.91 Å². The van der Waals surface area contributed by atoms with E-state index in [1.807, 2.05) is 36.4 Å². The molecule has 18 heavy (non-hydrogen) atoms. The van der Waals surface area contributed by atoms with Crippen LogP contribution >= 0.6 is 0 Å². The Bertz CT molecular complexity index is 609. The molecule has 2 aromatic rings. The van der Waals surface area contributed by atoms with Crippen LogP contribution in [0.4, 0.5) is 5.69 Å². The van der Waals surface area contributed by atoms with Gasteiger partial charge in [-0.3, -0.25) is 4.79 Å². The molecule has 1 aliphatic heterocycles. The van der Waals surface area contributed by atoms with Gasteiger partial charge in [0.1, 0.15) is 0 Å². The molecule has 0 saturated carbocycles. The van der Waals surface area contributed by atoms with E-state index in [4.69, 9.17) is 0 Å². The van der Waals surface area contributed by atoms with E-state index in [1.165, 1.54) is 4.90 Å². The summed E-state index contributed by atoms with van der Waals surface area (Å²) in [5, 5.41) is 10.9. The van der Waals surface area contributed by atoms with Crippen molar-refractivity contribution >= 4 is 11.6 Å². The summed E-state index contributed by atoms with van der Waals surface area (Å²) in [4.78, 5) is 13.9. The molecular formula is C15H13NO2. The Morgan fingerprint density at radius 1 is 1.00 bits per heavy atom. The van der Waals surface area contributed by atoms with E-state index in [-0.39, 0.29) is 5.91 Å². The number of carbonyl (C=O) groups excluding carboxylic acids is 1. The number of anilines is 1. The smallest absolute Gasteiger partial charge is 0.268 e. The molecule has 0 aromatic heterocycles. The van der Waals surface area contributed by atoms with Gasteiger partial charge in [0.05, 0.1) is 5.69 Å². The van der Waals surface area contributed by atoms with Gasteiger partial charge in [-0.2, -0.15) is 0 Å². The fraction of sp³-hybridized carbons (Fsp3) is 0.133. The molecule has 1 heterocycles. The van der Waals surface area contributed by atoms with E-state index in [1.54, 1.807) is 25.2 Å². The Morgan fingerprint density at radius 2 is 1.61 bits per heavy atom. The lowest BCUT2D eigenvalue weighted by molar-refractivity contribution is -0.131. The Balaban J connectivity index is 2.27. The Morgan fingerprint density at radius 3 is 2.33 bits per heavy atom. The summed E-state index contributed by atoms with van der Waals surface area (Å²) in [6.07, 6.45) is 0. The second kappa shape index (κ2) is 3.68. The second-order valence-corrected chi connectivity index (χ2v) is 4.46. The van der Waals surface area contributed by atoms with Gasteiger partial charge in [0, 0.05) is 12.6 Å². The Hall–Kier alpha value is -2.13. The first-order valence-electron chi connectivity index (χ1n) is 5.81. The van der Waals surface area contributed by atoms with Crippen LogP contribution in [0, 0.1) is 0 Å². The average Bonchev–Trinajstić information content (AvgIpc) is 2.64. The second-order valence-electron chi connectivity index (χ2n) is 4.46. The van der Waals surface area contributed by atoms with Crippen molar-refractivity contribution in [3.05, 3.63) is 65.7 Å². The first-order chi connectivity index (χ1) is 8.65. The van der Waals surface area contributed by atoms with Crippen LogP contribution in [-0.4, -0.2) is 18.1 Å². The number of fused-ring (bicyclic) bond motifs is 1. The lowest BCUT2D eigenvalue weighted by atomic mass is 9.88. The number of rotatable bonds is 1. The molecule has 0 unspecified atom stereocenters. The zero-order chi connectivity index (χ0) is 12.8. The summed E-state index contributed by atoms with van der Waals surface area (Å²) in [5.41, 5.74) is 0.441. The van der Waals surface area contributed by atoms with Gasteiger partial charge < -0.3 is 10.0 Å². The molecular weight excluding hydrogens is 226 g/mol. The summed E-state index contributed by atoms with van der Waals surface area (Å²) >= 11 is 0. The highest BCUT2D eigenvalue weighted by Crippen LogP contribution is 2.43. The Labute approximate surface area is 105 Å². The van der Waals surface area contributed by atoms with Crippen LogP contribution in [0.2, 0.25) is 0 Å². The van der Waals surface area contributed by atoms with Crippen molar-refractivity contribution in [1.82, 2.24) is 0 Å². The fourth-order valence-electron chi connectivity index (χ4n) is 2.50. The van der Waals surface area contributed by atoms with Crippen molar-refractivity contribution in [3.63, 3.8) is 0 Å². The fourth-order valence-corrected chi connectivity index (χ4v) is 2.50. The molecule has 2 aromatic carbocycles. The number of likely N-dealkylation sites (N-methyl/N-ethyl adjacent to an activating group) is 1. The van der Waals surface area contributed by atoms with Gasteiger partial charge >= 0.3 is 0 Å². The zero-order valence-electron chi connectivity index (χ0n) is 10.00. The van der Waals surface area contributed by atoms with Crippen LogP contribution < -0.4 is 4.90 Å². The van der Waals surface area contributed by atoms with Gasteiger partial charge in [-0.15, -0.1) is 0 Å². The molecule has 0 saturated heterocycles. The predicted octanol–water partition coefficient (Wildman–Crippen LogP) is 1.90. The topological polar surface area (TPSA) is 40.5 Å². The number of carbonyl (C=O) groups is 1. The monoisotopic (exact) mass is 239 g/mol. The van der Waals surface area contributed by atoms with Gasteiger partial charge in [-0.1, -0.05) is 48.5 Å². The average molecular weight is 239 g/mol. The molecule has 0 bridgehead atoms. The number of para-hydroxylation sites is 1. The SMILES string of the molecule is CN1C(=O)[C@@](O)(c2ccccc2)c2ccccc21. The molecule has 0 spiro atoms. The molecule has 3 heteroatoms. The van der Waals surface area contributed by atoms with Crippen molar-refractivity contribution < 1.29 is 9.90 Å². The number of amides is 1. The minimum Gasteiger partial charge on any atom is -0.372 e. The highest BCUT2D eigenvalue weighted by atomic mass is 16.3. The van der Waals surface area contributed by atoms with E-state index < -0.39 is 5.60 Å². The highest BCUT2D eigenvalue weighted by molar-refractivity contribution is 6.08. The number of aliphatic hydroxyl groups is 1. The summed E-state index contributed by atoms with van der Waals surface area (Å²) in [7, 11) is 1.68. The maximum atomic E-state index is 12.4. The third-order valence-electron chi connectivity index (χ3n) is 3.46. The molecule has 1 atom stereocenters. The number of benzene rings is 2. The third kappa shape index (κ3) is 1.25. The molecule has 0 fully saturated rings. The van der Waals surface area contributed by atoms with Gasteiger partial charge in [-0.25, -0.2) is 0 Å². The van der Waals surface area contributed by atoms with E-state index in [0.29, 0.717) is 11.1 Å². The van der Waals surface area contributed by atoms with Crippen LogP contribution in [0.25, 0.3) is 0 Å². The van der Waals surface area contributed by atoms with E-state index in [9.17, 15) is 9.90 Å². The lowest BCUT2D eigenvalue weighted by Gasteiger charge is -2.22. The van der Waals surface area contributed by atoms with E-state index in [0.717, 1.165) is 5.69 Å². The van der Waals surface area contributed by atoms with Crippen molar-refractivity contribution in [2.45, 2.75) is 5.60 Å². The molecule has 1 N–H and O–H groups in total. The summed E-state index contributed by atoms with van der Waals surface area (Å²) in [5.74, 6) is -0.310. The highest BCUT2D eigenvalue weighted by Gasteiger charge is 2.49. The number of hydrogen-bond donors (Lipinski definition) is 1. The Kier molecular flexibility index (Phi) is 2.25. The normalized spacial score (nSPS) is 22.1. The maximum absolute atomic E-state index is 12.4. The number of hydrogen-bond acceptors (Lipinski definition) is 2. The molecule has 3 rings (SSSR count). The summed E-state index contributed by atoms with van der Waals surface area (Å²) < 4.78 is 0. The number of nitrogens with zero attached hydrogens (tertiary/aromatic N) is 1. The lowest BCUT2D eigenvalue weighted by Crippen LogP contribution is -2.39. The maximum Gasteiger partial charge on any atom is 0.268 e. The van der Waals surface area contributed by atoms with E-state index >= 15 is 0 Å². The largest absolute Gasteiger partial charge is 0.372 e. The van der Waals surface area contributed by atoms with Crippen molar-refractivity contribution in [2.75, 3.05) is 11.9 Å². The molecule has 0 radical (unpaired) electrons. The first-order valence-corrected chi connectivity index (χ1v) is 5.81. The van der Waals surface area contributed by atoms with Gasteiger partial charge in [0.15, 0.2) is 5.60 Å². The van der Waals surface area contributed by atoms with Crippen LogP contribution in [-0.2, 0) is 10.4 Å². The third-order valence-corrected chi connectivity index (χ3v) is 3.46. The van der Waals surface area contributed by atoms with Crippen LogP contribution in [0.1, 0.15) is 11.1 Å². The van der Waals surface area contributed by atoms with Crippen LogP contribution in [0.3, 0.4) is 0 Å².